The number of imidazole rings is 1. The van der Waals surface area contributed by atoms with Gasteiger partial charge in [0, 0.05) is 12.7 Å². The van der Waals surface area contributed by atoms with Crippen molar-refractivity contribution in [2.45, 2.75) is 30.5 Å². The number of aromatic nitrogens is 2. The van der Waals surface area contributed by atoms with Crippen molar-refractivity contribution < 1.29 is 19.4 Å². The maximum atomic E-state index is 12.9. The number of rotatable bonds is 6. The maximum Gasteiger partial charge on any atom is 0.316 e. The summed E-state index contributed by atoms with van der Waals surface area (Å²) in [5, 5.41) is 18.0. The van der Waals surface area contributed by atoms with Gasteiger partial charge in [0.15, 0.2) is 5.16 Å². The lowest BCUT2D eigenvalue weighted by Crippen LogP contribution is -2.13. The van der Waals surface area contributed by atoms with E-state index in [0.717, 1.165) is 17.3 Å². The standard InChI is InChI=1S/C14H15FN2O3S/c1-9(13(19)20)21-14-16-12(8-18)7-17(14)6-10-2-4-11(15)5-3-10/h2-5,7,9,18H,6,8H2,1H3,(H,19,20)/t9-/m0/s1. The summed E-state index contributed by atoms with van der Waals surface area (Å²) in [6.07, 6.45) is 1.67. The van der Waals surface area contributed by atoms with Crippen molar-refractivity contribution in [1.29, 1.82) is 0 Å². The van der Waals surface area contributed by atoms with Crippen molar-refractivity contribution in [3.8, 4) is 0 Å². The zero-order chi connectivity index (χ0) is 15.4. The van der Waals surface area contributed by atoms with Crippen LogP contribution in [0.2, 0.25) is 0 Å². The molecule has 1 aromatic carbocycles. The number of aliphatic hydroxyl groups excluding tert-OH is 1. The number of halogens is 1. The van der Waals surface area contributed by atoms with Crippen molar-refractivity contribution in [2.24, 2.45) is 0 Å². The number of nitrogens with zero attached hydrogens (tertiary/aromatic N) is 2. The Kier molecular flexibility index (Phi) is 4.98. The molecule has 21 heavy (non-hydrogen) atoms. The average Bonchev–Trinajstić information content (AvgIpc) is 2.83. The van der Waals surface area contributed by atoms with Gasteiger partial charge in [0.2, 0.25) is 0 Å². The molecule has 1 heterocycles. The zero-order valence-corrected chi connectivity index (χ0v) is 12.2. The van der Waals surface area contributed by atoms with Crippen molar-refractivity contribution in [3.63, 3.8) is 0 Å². The van der Waals surface area contributed by atoms with Crippen LogP contribution in [0, 0.1) is 5.82 Å². The van der Waals surface area contributed by atoms with Crippen LogP contribution in [0.25, 0.3) is 0 Å². The Morgan fingerprint density at radius 2 is 2.10 bits per heavy atom. The molecule has 0 unspecified atom stereocenters. The van der Waals surface area contributed by atoms with Crippen LogP contribution in [0.4, 0.5) is 4.39 Å². The van der Waals surface area contributed by atoms with Crippen molar-refractivity contribution >= 4 is 17.7 Å². The van der Waals surface area contributed by atoms with Crippen molar-refractivity contribution in [3.05, 3.63) is 47.5 Å². The minimum atomic E-state index is -0.929. The van der Waals surface area contributed by atoms with Crippen LogP contribution in [0.1, 0.15) is 18.2 Å². The minimum Gasteiger partial charge on any atom is -0.480 e. The monoisotopic (exact) mass is 310 g/mol. The van der Waals surface area contributed by atoms with E-state index in [1.54, 1.807) is 29.8 Å². The molecule has 0 saturated heterocycles. The molecule has 0 aliphatic carbocycles. The van der Waals surface area contributed by atoms with Gasteiger partial charge in [-0.2, -0.15) is 0 Å². The highest BCUT2D eigenvalue weighted by Crippen LogP contribution is 2.24. The second kappa shape index (κ2) is 6.73. The number of carboxylic acids is 1. The molecule has 2 aromatic rings. The summed E-state index contributed by atoms with van der Waals surface area (Å²) in [6.45, 7) is 1.79. The number of hydrogen-bond donors (Lipinski definition) is 2. The summed E-state index contributed by atoms with van der Waals surface area (Å²) < 4.78 is 14.7. The number of benzene rings is 1. The summed E-state index contributed by atoms with van der Waals surface area (Å²) in [4.78, 5) is 15.1. The van der Waals surface area contributed by atoms with E-state index in [4.69, 9.17) is 5.11 Å². The van der Waals surface area contributed by atoms with Crippen LogP contribution < -0.4 is 0 Å². The number of aliphatic carboxylic acids is 1. The first kappa shape index (κ1) is 15.5. The average molecular weight is 310 g/mol. The molecular formula is C14H15FN2O3S. The molecule has 2 N–H and O–H groups in total. The number of carbonyl (C=O) groups is 1. The van der Waals surface area contributed by atoms with Gasteiger partial charge < -0.3 is 14.8 Å². The SMILES string of the molecule is C[C@H](Sc1nc(CO)cn1Cc1ccc(F)cc1)C(=O)O. The second-order valence-electron chi connectivity index (χ2n) is 4.53. The molecule has 0 aliphatic heterocycles. The molecule has 5 nitrogen and oxygen atoms in total. The van der Waals surface area contributed by atoms with E-state index in [0.29, 0.717) is 17.4 Å². The van der Waals surface area contributed by atoms with E-state index < -0.39 is 11.2 Å². The second-order valence-corrected chi connectivity index (χ2v) is 5.83. The third kappa shape index (κ3) is 4.05. The van der Waals surface area contributed by atoms with Gasteiger partial charge >= 0.3 is 5.97 Å². The van der Waals surface area contributed by atoms with Gasteiger partial charge in [0.1, 0.15) is 11.1 Å². The molecule has 2 rings (SSSR count). The van der Waals surface area contributed by atoms with E-state index >= 15 is 0 Å². The van der Waals surface area contributed by atoms with Crippen LogP contribution in [-0.2, 0) is 17.9 Å². The van der Waals surface area contributed by atoms with Gasteiger partial charge in [-0.05, 0) is 24.6 Å². The topological polar surface area (TPSA) is 75.4 Å². The molecule has 0 radical (unpaired) electrons. The Morgan fingerprint density at radius 3 is 2.67 bits per heavy atom. The number of hydrogen-bond acceptors (Lipinski definition) is 4. The Hall–Kier alpha value is -1.86. The largest absolute Gasteiger partial charge is 0.480 e. The highest BCUT2D eigenvalue weighted by molar-refractivity contribution is 8.00. The van der Waals surface area contributed by atoms with Gasteiger partial charge in [-0.25, -0.2) is 9.37 Å². The first-order valence-electron chi connectivity index (χ1n) is 6.30. The highest BCUT2D eigenvalue weighted by Gasteiger charge is 2.17. The van der Waals surface area contributed by atoms with E-state index in [1.807, 2.05) is 0 Å². The lowest BCUT2D eigenvalue weighted by atomic mass is 10.2. The van der Waals surface area contributed by atoms with E-state index in [-0.39, 0.29) is 12.4 Å². The zero-order valence-electron chi connectivity index (χ0n) is 11.4. The molecule has 1 aromatic heterocycles. The molecule has 0 amide bonds. The number of aliphatic hydroxyl groups is 1. The van der Waals surface area contributed by atoms with E-state index in [9.17, 15) is 14.3 Å². The predicted molar refractivity (Wildman–Crippen MR) is 76.6 cm³/mol. The lowest BCUT2D eigenvalue weighted by molar-refractivity contribution is -0.136. The summed E-state index contributed by atoms with van der Waals surface area (Å²) in [7, 11) is 0. The Balaban J connectivity index is 2.22. The molecule has 0 bridgehead atoms. The molecule has 1 atom stereocenters. The van der Waals surface area contributed by atoms with Gasteiger partial charge in [-0.15, -0.1) is 0 Å². The lowest BCUT2D eigenvalue weighted by Gasteiger charge is -2.09. The summed E-state index contributed by atoms with van der Waals surface area (Å²) in [6, 6.07) is 6.05. The van der Waals surface area contributed by atoms with Crippen LogP contribution in [0.15, 0.2) is 35.6 Å². The van der Waals surface area contributed by atoms with Crippen molar-refractivity contribution in [1.82, 2.24) is 9.55 Å². The molecule has 7 heteroatoms. The predicted octanol–water partition coefficient (Wildman–Crippen LogP) is 2.13. The van der Waals surface area contributed by atoms with Gasteiger partial charge in [0.05, 0.1) is 12.3 Å². The maximum absolute atomic E-state index is 12.9. The quantitative estimate of drug-likeness (QED) is 0.799. The normalized spacial score (nSPS) is 12.3. The third-order valence-electron chi connectivity index (χ3n) is 2.85. The van der Waals surface area contributed by atoms with E-state index in [1.165, 1.54) is 12.1 Å². The molecule has 0 aliphatic rings. The van der Waals surface area contributed by atoms with Gasteiger partial charge in [-0.1, -0.05) is 23.9 Å². The first-order valence-corrected chi connectivity index (χ1v) is 7.18. The van der Waals surface area contributed by atoms with Crippen LogP contribution in [0.5, 0.6) is 0 Å². The molecular weight excluding hydrogens is 295 g/mol. The fourth-order valence-corrected chi connectivity index (χ4v) is 2.57. The van der Waals surface area contributed by atoms with Crippen LogP contribution in [-0.4, -0.2) is 31.0 Å². The summed E-state index contributed by atoms with van der Waals surface area (Å²) in [5.41, 5.74) is 1.33. The van der Waals surface area contributed by atoms with Crippen LogP contribution in [0.3, 0.4) is 0 Å². The fraction of sp³-hybridized carbons (Fsp3) is 0.286. The fourth-order valence-electron chi connectivity index (χ4n) is 1.73. The molecule has 0 saturated carbocycles. The third-order valence-corrected chi connectivity index (χ3v) is 3.94. The van der Waals surface area contributed by atoms with Gasteiger partial charge in [0.25, 0.3) is 0 Å². The first-order chi connectivity index (χ1) is 9.99. The highest BCUT2D eigenvalue weighted by atomic mass is 32.2. The smallest absolute Gasteiger partial charge is 0.316 e. The molecule has 0 spiro atoms. The Bertz CT molecular complexity index is 628. The molecule has 112 valence electrons. The van der Waals surface area contributed by atoms with Crippen molar-refractivity contribution in [2.75, 3.05) is 0 Å². The van der Waals surface area contributed by atoms with Gasteiger partial charge in [-0.3, -0.25) is 4.79 Å². The summed E-state index contributed by atoms with van der Waals surface area (Å²) in [5.74, 6) is -1.24. The Morgan fingerprint density at radius 1 is 1.43 bits per heavy atom. The molecule has 0 fully saturated rings. The minimum absolute atomic E-state index is 0.217. The number of thioether (sulfide) groups is 1. The van der Waals surface area contributed by atoms with E-state index in [2.05, 4.69) is 4.98 Å². The Labute approximate surface area is 125 Å². The summed E-state index contributed by atoms with van der Waals surface area (Å²) >= 11 is 1.10. The van der Waals surface area contributed by atoms with Crippen LogP contribution >= 0.6 is 11.8 Å². The number of carboxylic acid groups (broad SMARTS) is 1.